The average molecular weight is 451 g/mol. The second kappa shape index (κ2) is 11.4. The van der Waals surface area contributed by atoms with E-state index in [4.69, 9.17) is 9.47 Å². The number of rotatable bonds is 8. The Balaban J connectivity index is 1.60. The molecule has 0 aliphatic heterocycles. The number of esters is 2. The van der Waals surface area contributed by atoms with Gasteiger partial charge >= 0.3 is 11.9 Å². The molecule has 0 bridgehead atoms. The molecule has 3 aromatic carbocycles. The summed E-state index contributed by atoms with van der Waals surface area (Å²) in [7, 11) is 0. The minimum absolute atomic E-state index is 0.358. The number of hydrogen-bond acceptors (Lipinski definition) is 4. The van der Waals surface area contributed by atoms with Crippen LogP contribution < -0.4 is 9.47 Å². The summed E-state index contributed by atoms with van der Waals surface area (Å²) in [5.74, 6) is 0.0988. The lowest BCUT2D eigenvalue weighted by molar-refractivity contribution is -0.130. The highest BCUT2D eigenvalue weighted by atomic mass is 16.5. The van der Waals surface area contributed by atoms with Crippen LogP contribution in [0.25, 0.3) is 24.3 Å². The summed E-state index contributed by atoms with van der Waals surface area (Å²) in [4.78, 5) is 23.3. The van der Waals surface area contributed by atoms with Gasteiger partial charge in [-0.1, -0.05) is 86.0 Å². The summed E-state index contributed by atoms with van der Waals surface area (Å²) in [6.07, 6.45) is 7.97. The number of carbonyl (C=O) groups excluding carboxylic acids is 2. The van der Waals surface area contributed by atoms with Crippen LogP contribution in [-0.4, -0.2) is 11.9 Å². The Kier molecular flexibility index (Phi) is 8.14. The Morgan fingerprint density at radius 3 is 1.47 bits per heavy atom. The summed E-state index contributed by atoms with van der Waals surface area (Å²) in [5.41, 5.74) is 4.74. The zero-order valence-electron chi connectivity index (χ0n) is 19.3. The van der Waals surface area contributed by atoms with Crippen LogP contribution in [0.5, 0.6) is 11.5 Å². The van der Waals surface area contributed by atoms with Crippen molar-refractivity contribution in [2.45, 2.75) is 13.8 Å². The molecule has 0 aliphatic carbocycles. The summed E-state index contributed by atoms with van der Waals surface area (Å²) in [6, 6.07) is 22.7. The van der Waals surface area contributed by atoms with E-state index in [1.165, 1.54) is 0 Å². The van der Waals surface area contributed by atoms with Gasteiger partial charge in [0.05, 0.1) is 0 Å². The molecule has 4 heteroatoms. The van der Waals surface area contributed by atoms with Crippen molar-refractivity contribution in [2.75, 3.05) is 0 Å². The van der Waals surface area contributed by atoms with Crippen LogP contribution >= 0.6 is 0 Å². The summed E-state index contributed by atoms with van der Waals surface area (Å²) >= 11 is 0. The molecule has 0 atom stereocenters. The normalized spacial score (nSPS) is 10.9. The first-order chi connectivity index (χ1) is 16.3. The molecule has 0 radical (unpaired) electrons. The zero-order chi connectivity index (χ0) is 24.5. The summed E-state index contributed by atoms with van der Waals surface area (Å²) < 4.78 is 10.5. The van der Waals surface area contributed by atoms with E-state index >= 15 is 0 Å². The minimum Gasteiger partial charge on any atom is -0.423 e. The predicted octanol–water partition coefficient (Wildman–Crippen LogP) is 6.99. The lowest BCUT2D eigenvalue weighted by Crippen LogP contribution is -2.07. The van der Waals surface area contributed by atoms with Crippen LogP contribution in [0.15, 0.2) is 97.1 Å². The van der Waals surface area contributed by atoms with E-state index in [0.29, 0.717) is 22.6 Å². The fraction of sp³-hybridized carbons (Fsp3) is 0.0667. The van der Waals surface area contributed by atoms with Crippen LogP contribution in [0.1, 0.15) is 36.1 Å². The number of benzene rings is 3. The van der Waals surface area contributed by atoms with Crippen LogP contribution in [0, 0.1) is 0 Å². The molecule has 0 amide bonds. The Hall–Kier alpha value is -4.44. The highest BCUT2D eigenvalue weighted by Gasteiger charge is 2.05. The SMILES string of the molecule is C=C(C)C(=O)Oc1ccc(C=Cc2ccc(C=Cc3cccc(OC(=O)C(=C)C)c3)cc2)cc1. The van der Waals surface area contributed by atoms with Crippen LogP contribution in [0.3, 0.4) is 0 Å². The third-order valence-corrected chi connectivity index (χ3v) is 4.73. The van der Waals surface area contributed by atoms with Gasteiger partial charge in [0.25, 0.3) is 0 Å². The van der Waals surface area contributed by atoms with Gasteiger partial charge in [0.1, 0.15) is 11.5 Å². The monoisotopic (exact) mass is 450 g/mol. The van der Waals surface area contributed by atoms with E-state index in [9.17, 15) is 9.59 Å². The minimum atomic E-state index is -0.438. The quantitative estimate of drug-likeness (QED) is 0.161. The van der Waals surface area contributed by atoms with Gasteiger partial charge in [-0.15, -0.1) is 0 Å². The second-order valence-corrected chi connectivity index (χ2v) is 7.81. The molecule has 0 spiro atoms. The highest BCUT2D eigenvalue weighted by Crippen LogP contribution is 2.18. The molecular formula is C30H26O4. The Morgan fingerprint density at radius 1 is 0.588 bits per heavy atom. The summed E-state index contributed by atoms with van der Waals surface area (Å²) in [6.45, 7) is 10.4. The van der Waals surface area contributed by atoms with Crippen molar-refractivity contribution in [3.05, 3.63) is 119 Å². The number of carbonyl (C=O) groups is 2. The van der Waals surface area contributed by atoms with Gasteiger partial charge in [0.2, 0.25) is 0 Å². The molecule has 3 rings (SSSR count). The molecule has 34 heavy (non-hydrogen) atoms. The third kappa shape index (κ3) is 7.31. The van der Waals surface area contributed by atoms with Crippen molar-refractivity contribution in [1.29, 1.82) is 0 Å². The van der Waals surface area contributed by atoms with Crippen molar-refractivity contribution in [3.63, 3.8) is 0 Å². The van der Waals surface area contributed by atoms with Crippen molar-refractivity contribution < 1.29 is 19.1 Å². The van der Waals surface area contributed by atoms with E-state index in [1.54, 1.807) is 38.1 Å². The largest absolute Gasteiger partial charge is 0.423 e. The van der Waals surface area contributed by atoms with E-state index in [1.807, 2.05) is 72.8 Å². The van der Waals surface area contributed by atoms with Crippen molar-refractivity contribution >= 4 is 36.2 Å². The second-order valence-electron chi connectivity index (χ2n) is 7.81. The highest BCUT2D eigenvalue weighted by molar-refractivity contribution is 5.89. The van der Waals surface area contributed by atoms with Gasteiger partial charge in [-0.25, -0.2) is 9.59 Å². The molecular weight excluding hydrogens is 424 g/mol. The Labute approximate surface area is 200 Å². The molecule has 3 aromatic rings. The van der Waals surface area contributed by atoms with E-state index in [2.05, 4.69) is 13.2 Å². The van der Waals surface area contributed by atoms with Crippen molar-refractivity contribution in [3.8, 4) is 11.5 Å². The first kappa shape index (κ1) is 24.2. The Bertz CT molecular complexity index is 1260. The fourth-order valence-corrected chi connectivity index (χ4v) is 2.82. The molecule has 0 saturated heterocycles. The predicted molar refractivity (Wildman–Crippen MR) is 138 cm³/mol. The molecule has 0 fully saturated rings. The lowest BCUT2D eigenvalue weighted by Gasteiger charge is -2.04. The van der Waals surface area contributed by atoms with E-state index < -0.39 is 11.9 Å². The molecule has 170 valence electrons. The van der Waals surface area contributed by atoms with Crippen molar-refractivity contribution in [2.24, 2.45) is 0 Å². The maximum atomic E-state index is 11.7. The van der Waals surface area contributed by atoms with E-state index in [0.717, 1.165) is 22.3 Å². The summed E-state index contributed by atoms with van der Waals surface area (Å²) in [5, 5.41) is 0. The first-order valence-electron chi connectivity index (χ1n) is 10.7. The number of ether oxygens (including phenoxy) is 2. The molecule has 0 N–H and O–H groups in total. The molecule has 0 aliphatic rings. The maximum Gasteiger partial charge on any atom is 0.338 e. The maximum absolute atomic E-state index is 11.7. The third-order valence-electron chi connectivity index (χ3n) is 4.73. The van der Waals surface area contributed by atoms with Crippen LogP contribution in [0.2, 0.25) is 0 Å². The van der Waals surface area contributed by atoms with Crippen LogP contribution in [-0.2, 0) is 9.59 Å². The Morgan fingerprint density at radius 2 is 1.00 bits per heavy atom. The van der Waals surface area contributed by atoms with Gasteiger partial charge in [0.15, 0.2) is 0 Å². The van der Waals surface area contributed by atoms with Gasteiger partial charge in [0, 0.05) is 11.1 Å². The standard InChI is InChI=1S/C30H26O4/c1-21(2)29(31)33-27-18-16-25(17-19-27)13-12-23-8-10-24(11-9-23)14-15-26-6-5-7-28(20-26)34-30(32)22(3)4/h5-20H,1,3H2,2,4H3. The number of hydrogen-bond donors (Lipinski definition) is 0. The molecule has 4 nitrogen and oxygen atoms in total. The fourth-order valence-electron chi connectivity index (χ4n) is 2.82. The van der Waals surface area contributed by atoms with Crippen molar-refractivity contribution in [1.82, 2.24) is 0 Å². The zero-order valence-corrected chi connectivity index (χ0v) is 19.3. The molecule has 0 saturated carbocycles. The van der Waals surface area contributed by atoms with Crippen LogP contribution in [0.4, 0.5) is 0 Å². The molecule has 0 unspecified atom stereocenters. The van der Waals surface area contributed by atoms with Gasteiger partial charge in [-0.05, 0) is 60.4 Å². The average Bonchev–Trinajstić information content (AvgIpc) is 2.83. The van der Waals surface area contributed by atoms with Gasteiger partial charge in [-0.2, -0.15) is 0 Å². The topological polar surface area (TPSA) is 52.6 Å². The lowest BCUT2D eigenvalue weighted by atomic mass is 10.1. The smallest absolute Gasteiger partial charge is 0.338 e. The first-order valence-corrected chi connectivity index (χ1v) is 10.7. The molecule has 0 aromatic heterocycles. The molecule has 0 heterocycles. The van der Waals surface area contributed by atoms with Gasteiger partial charge in [-0.3, -0.25) is 0 Å². The van der Waals surface area contributed by atoms with E-state index in [-0.39, 0.29) is 0 Å². The van der Waals surface area contributed by atoms with Gasteiger partial charge < -0.3 is 9.47 Å².